The maximum atomic E-state index is 12.9. The van der Waals surface area contributed by atoms with Crippen molar-refractivity contribution in [3.63, 3.8) is 0 Å². The van der Waals surface area contributed by atoms with Crippen LogP contribution in [-0.2, 0) is 11.3 Å². The highest BCUT2D eigenvalue weighted by atomic mass is 16.3. The molecule has 29 heavy (non-hydrogen) atoms. The smallest absolute Gasteiger partial charge is 0.320 e. The number of hydrogen-bond acceptors (Lipinski definition) is 5. The quantitative estimate of drug-likeness (QED) is 0.724. The molecule has 1 aliphatic heterocycles. The summed E-state index contributed by atoms with van der Waals surface area (Å²) < 4.78 is 0. The van der Waals surface area contributed by atoms with Gasteiger partial charge in [-0.3, -0.25) is 10.1 Å². The SMILES string of the molecule is N#C[C@@]1(C2CC2)CCN(c2ccnc(NC(=O)NCc3cccc(O)c3)c2)C1=O. The molecule has 2 aromatic rings. The number of aromatic nitrogens is 1. The maximum Gasteiger partial charge on any atom is 0.320 e. The zero-order valence-corrected chi connectivity index (χ0v) is 15.8. The fraction of sp³-hybridized carbons (Fsp3) is 0.333. The normalized spacial score (nSPS) is 20.9. The topological polar surface area (TPSA) is 118 Å². The monoisotopic (exact) mass is 391 g/mol. The van der Waals surface area contributed by atoms with E-state index in [1.165, 1.54) is 6.20 Å². The number of urea groups is 1. The Labute approximate surface area is 168 Å². The molecule has 1 aliphatic carbocycles. The lowest BCUT2D eigenvalue weighted by Crippen LogP contribution is -2.35. The van der Waals surface area contributed by atoms with Gasteiger partial charge in [0.2, 0.25) is 5.91 Å². The molecule has 2 aliphatic rings. The molecule has 1 saturated heterocycles. The molecule has 2 fully saturated rings. The van der Waals surface area contributed by atoms with Crippen molar-refractivity contribution in [2.75, 3.05) is 16.8 Å². The van der Waals surface area contributed by atoms with Crippen molar-refractivity contribution < 1.29 is 14.7 Å². The number of rotatable bonds is 5. The van der Waals surface area contributed by atoms with Gasteiger partial charge in [-0.25, -0.2) is 9.78 Å². The molecule has 8 nitrogen and oxygen atoms in total. The van der Waals surface area contributed by atoms with E-state index in [9.17, 15) is 20.0 Å². The average Bonchev–Trinajstić information content (AvgIpc) is 3.51. The number of nitriles is 1. The number of phenolic OH excluding ortho intramolecular Hbond substituents is 1. The largest absolute Gasteiger partial charge is 0.508 e. The Morgan fingerprint density at radius 3 is 2.90 bits per heavy atom. The molecule has 0 radical (unpaired) electrons. The van der Waals surface area contributed by atoms with Crippen LogP contribution in [0.5, 0.6) is 5.75 Å². The van der Waals surface area contributed by atoms with Crippen LogP contribution in [0.1, 0.15) is 24.8 Å². The van der Waals surface area contributed by atoms with Crippen molar-refractivity contribution in [1.82, 2.24) is 10.3 Å². The van der Waals surface area contributed by atoms with E-state index in [-0.39, 0.29) is 24.1 Å². The van der Waals surface area contributed by atoms with E-state index < -0.39 is 11.4 Å². The first kappa shape index (κ1) is 18.7. The Kier molecular flexibility index (Phi) is 4.80. The third-order valence-electron chi connectivity index (χ3n) is 5.49. The summed E-state index contributed by atoms with van der Waals surface area (Å²) in [6, 6.07) is 11.8. The zero-order valence-electron chi connectivity index (χ0n) is 15.8. The van der Waals surface area contributed by atoms with Crippen LogP contribution in [0.25, 0.3) is 0 Å². The van der Waals surface area contributed by atoms with E-state index in [2.05, 4.69) is 21.7 Å². The first-order chi connectivity index (χ1) is 14.0. The summed E-state index contributed by atoms with van der Waals surface area (Å²) in [7, 11) is 0. The fourth-order valence-electron chi connectivity index (χ4n) is 3.80. The van der Waals surface area contributed by atoms with Gasteiger partial charge in [-0.05, 0) is 48.9 Å². The van der Waals surface area contributed by atoms with Gasteiger partial charge in [0.25, 0.3) is 0 Å². The minimum atomic E-state index is -0.907. The summed E-state index contributed by atoms with van der Waals surface area (Å²) in [5.74, 6) is 0.444. The Morgan fingerprint density at radius 2 is 2.17 bits per heavy atom. The first-order valence-corrected chi connectivity index (χ1v) is 9.54. The second-order valence-electron chi connectivity index (χ2n) is 7.44. The van der Waals surface area contributed by atoms with Gasteiger partial charge in [0.05, 0.1) is 6.07 Å². The Bertz CT molecular complexity index is 998. The van der Waals surface area contributed by atoms with Crippen molar-refractivity contribution in [3.05, 3.63) is 48.2 Å². The number of aromatic hydroxyl groups is 1. The van der Waals surface area contributed by atoms with E-state index >= 15 is 0 Å². The van der Waals surface area contributed by atoms with Crippen molar-refractivity contribution in [2.24, 2.45) is 11.3 Å². The second-order valence-corrected chi connectivity index (χ2v) is 7.44. The predicted octanol–water partition coefficient (Wildman–Crippen LogP) is 2.77. The van der Waals surface area contributed by atoms with Gasteiger partial charge in [-0.15, -0.1) is 0 Å². The van der Waals surface area contributed by atoms with Crippen LogP contribution in [0.4, 0.5) is 16.3 Å². The van der Waals surface area contributed by atoms with Gasteiger partial charge in [-0.2, -0.15) is 5.26 Å². The third kappa shape index (κ3) is 3.72. The standard InChI is InChI=1S/C21H21N5O3/c22-13-21(15-4-5-15)7-9-26(19(21)28)16-6-8-23-18(11-16)25-20(29)24-12-14-2-1-3-17(27)10-14/h1-3,6,8,10-11,15,27H,4-5,7,9,12H2,(H2,23,24,25,29)/t21-/m1/s1. The first-order valence-electron chi connectivity index (χ1n) is 9.54. The second kappa shape index (κ2) is 7.43. The summed E-state index contributed by atoms with van der Waals surface area (Å²) in [6.07, 6.45) is 3.91. The van der Waals surface area contributed by atoms with Crippen LogP contribution in [0, 0.1) is 22.7 Å². The molecule has 148 valence electrons. The van der Waals surface area contributed by atoms with Crippen molar-refractivity contribution in [2.45, 2.75) is 25.8 Å². The lowest BCUT2D eigenvalue weighted by atomic mass is 9.83. The highest BCUT2D eigenvalue weighted by Gasteiger charge is 2.56. The lowest BCUT2D eigenvalue weighted by molar-refractivity contribution is -0.123. The number of carbonyl (C=O) groups excluding carboxylic acids is 2. The molecule has 0 unspecified atom stereocenters. The Hall–Kier alpha value is -3.60. The number of nitrogens with zero attached hydrogens (tertiary/aromatic N) is 3. The predicted molar refractivity (Wildman–Crippen MR) is 106 cm³/mol. The van der Waals surface area contributed by atoms with Crippen molar-refractivity contribution in [1.29, 1.82) is 5.26 Å². The van der Waals surface area contributed by atoms with Crippen LogP contribution in [0.2, 0.25) is 0 Å². The van der Waals surface area contributed by atoms with Crippen LogP contribution in [0.15, 0.2) is 42.6 Å². The van der Waals surface area contributed by atoms with Crippen LogP contribution < -0.4 is 15.5 Å². The fourth-order valence-corrected chi connectivity index (χ4v) is 3.80. The molecule has 1 aromatic carbocycles. The summed E-state index contributed by atoms with van der Waals surface area (Å²) >= 11 is 0. The van der Waals surface area contributed by atoms with Crippen LogP contribution in [0.3, 0.4) is 0 Å². The number of amides is 3. The third-order valence-corrected chi connectivity index (χ3v) is 5.49. The van der Waals surface area contributed by atoms with Gasteiger partial charge in [-0.1, -0.05) is 12.1 Å². The molecule has 1 atom stereocenters. The zero-order chi connectivity index (χ0) is 20.4. The summed E-state index contributed by atoms with van der Waals surface area (Å²) in [5.41, 5.74) is 0.471. The molecule has 0 spiro atoms. The summed E-state index contributed by atoms with van der Waals surface area (Å²) in [4.78, 5) is 30.8. The minimum Gasteiger partial charge on any atom is -0.508 e. The Balaban J connectivity index is 1.41. The van der Waals surface area contributed by atoms with Crippen LogP contribution >= 0.6 is 0 Å². The average molecular weight is 391 g/mol. The molecule has 0 bridgehead atoms. The number of hydrogen-bond donors (Lipinski definition) is 3. The summed E-state index contributed by atoms with van der Waals surface area (Å²) in [6.45, 7) is 0.729. The van der Waals surface area contributed by atoms with E-state index in [4.69, 9.17) is 0 Å². The van der Waals surface area contributed by atoms with Crippen LogP contribution in [-0.4, -0.2) is 28.6 Å². The van der Waals surface area contributed by atoms with Gasteiger partial charge >= 0.3 is 6.03 Å². The minimum absolute atomic E-state index is 0.133. The van der Waals surface area contributed by atoms with E-state index in [0.717, 1.165) is 18.4 Å². The van der Waals surface area contributed by atoms with Gasteiger partial charge < -0.3 is 15.3 Å². The van der Waals surface area contributed by atoms with E-state index in [1.807, 2.05) is 0 Å². The molecule has 3 amide bonds. The number of carbonyl (C=O) groups is 2. The highest BCUT2D eigenvalue weighted by Crippen LogP contribution is 2.51. The molecule has 4 rings (SSSR count). The van der Waals surface area contributed by atoms with Crippen molar-refractivity contribution >= 4 is 23.4 Å². The van der Waals surface area contributed by atoms with Crippen molar-refractivity contribution in [3.8, 4) is 11.8 Å². The molecular weight excluding hydrogens is 370 g/mol. The molecular formula is C21H21N5O3. The Morgan fingerprint density at radius 1 is 1.34 bits per heavy atom. The molecule has 2 heterocycles. The van der Waals surface area contributed by atoms with E-state index in [1.54, 1.807) is 41.3 Å². The van der Waals surface area contributed by atoms with Gasteiger partial charge in [0.1, 0.15) is 17.0 Å². The highest BCUT2D eigenvalue weighted by molar-refractivity contribution is 6.02. The molecule has 3 N–H and O–H groups in total. The number of anilines is 2. The molecule has 8 heteroatoms. The summed E-state index contributed by atoms with van der Waals surface area (Å²) in [5, 5.41) is 24.4. The number of benzene rings is 1. The molecule has 1 saturated carbocycles. The number of phenols is 1. The van der Waals surface area contributed by atoms with Gasteiger partial charge in [0.15, 0.2) is 0 Å². The van der Waals surface area contributed by atoms with E-state index in [0.29, 0.717) is 24.5 Å². The number of nitrogens with one attached hydrogen (secondary N) is 2. The number of pyridine rings is 1. The molecule has 1 aromatic heterocycles. The van der Waals surface area contributed by atoms with Gasteiger partial charge in [0, 0.05) is 31.0 Å². The lowest BCUT2D eigenvalue weighted by Gasteiger charge is -2.21. The maximum absolute atomic E-state index is 12.9.